The fraction of sp³-hybridized carbons (Fsp3) is 0.438. The van der Waals surface area contributed by atoms with Gasteiger partial charge in [0.1, 0.15) is 6.54 Å². The van der Waals surface area contributed by atoms with Crippen molar-refractivity contribution in [2.24, 2.45) is 0 Å². The second-order valence-electron chi connectivity index (χ2n) is 5.84. The Labute approximate surface area is 139 Å². The number of carbonyl (C=O) groups is 1. The van der Waals surface area contributed by atoms with E-state index < -0.39 is 0 Å². The van der Waals surface area contributed by atoms with E-state index in [4.69, 9.17) is 0 Å². The van der Waals surface area contributed by atoms with E-state index in [0.29, 0.717) is 18.2 Å². The number of aryl methyl sites for hydroxylation is 1. The summed E-state index contributed by atoms with van der Waals surface area (Å²) in [6.45, 7) is 3.10. The first kappa shape index (κ1) is 16.1. The summed E-state index contributed by atoms with van der Waals surface area (Å²) in [6, 6.07) is 3.37. The van der Waals surface area contributed by atoms with Crippen molar-refractivity contribution in [1.29, 1.82) is 0 Å². The molecule has 8 nitrogen and oxygen atoms in total. The maximum absolute atomic E-state index is 12.1. The quantitative estimate of drug-likeness (QED) is 0.838. The molecule has 1 atom stereocenters. The van der Waals surface area contributed by atoms with E-state index >= 15 is 0 Å². The van der Waals surface area contributed by atoms with Crippen LogP contribution in [0.3, 0.4) is 0 Å². The first-order chi connectivity index (χ1) is 11.6. The van der Waals surface area contributed by atoms with Crippen molar-refractivity contribution in [2.45, 2.75) is 32.4 Å². The van der Waals surface area contributed by atoms with Crippen molar-refractivity contribution in [2.75, 3.05) is 18.0 Å². The fourth-order valence-electron chi connectivity index (χ4n) is 2.83. The summed E-state index contributed by atoms with van der Waals surface area (Å²) in [6.07, 6.45) is 6.85. The monoisotopic (exact) mass is 328 g/mol. The van der Waals surface area contributed by atoms with Crippen LogP contribution in [0.4, 0.5) is 5.95 Å². The molecule has 0 saturated carbocycles. The molecule has 8 heteroatoms. The van der Waals surface area contributed by atoms with Crippen molar-refractivity contribution in [3.05, 3.63) is 46.9 Å². The van der Waals surface area contributed by atoms with Gasteiger partial charge in [0.15, 0.2) is 0 Å². The summed E-state index contributed by atoms with van der Waals surface area (Å²) >= 11 is 0. The Bertz CT molecular complexity index is 761. The minimum Gasteiger partial charge on any atom is -0.352 e. The molecule has 1 aliphatic rings. The van der Waals surface area contributed by atoms with Crippen molar-refractivity contribution in [3.63, 3.8) is 0 Å². The summed E-state index contributed by atoms with van der Waals surface area (Å²) < 4.78 is 1.30. The predicted octanol–water partition coefficient (Wildman–Crippen LogP) is 0.127. The van der Waals surface area contributed by atoms with Gasteiger partial charge in [0, 0.05) is 43.3 Å². The normalized spacial score (nSPS) is 17.0. The average Bonchev–Trinajstić information content (AvgIpc) is 3.05. The van der Waals surface area contributed by atoms with E-state index in [2.05, 4.69) is 25.2 Å². The summed E-state index contributed by atoms with van der Waals surface area (Å²) in [5, 5.41) is 2.89. The molecule has 0 radical (unpaired) electrons. The van der Waals surface area contributed by atoms with Gasteiger partial charge in [-0.3, -0.25) is 14.2 Å². The lowest BCUT2D eigenvalue weighted by Crippen LogP contribution is -2.42. The third kappa shape index (κ3) is 3.76. The first-order valence-electron chi connectivity index (χ1n) is 7.97. The Kier molecular flexibility index (Phi) is 4.83. The summed E-state index contributed by atoms with van der Waals surface area (Å²) in [7, 11) is 0. The van der Waals surface area contributed by atoms with Crippen molar-refractivity contribution >= 4 is 11.9 Å². The van der Waals surface area contributed by atoms with E-state index in [1.54, 1.807) is 25.4 Å². The highest BCUT2D eigenvalue weighted by Gasteiger charge is 2.26. The van der Waals surface area contributed by atoms with Crippen LogP contribution in [-0.2, 0) is 11.3 Å². The molecular weight excluding hydrogens is 308 g/mol. The second-order valence-corrected chi connectivity index (χ2v) is 5.84. The van der Waals surface area contributed by atoms with Crippen LogP contribution >= 0.6 is 0 Å². The molecular formula is C16H20N6O2. The molecule has 2 aromatic rings. The van der Waals surface area contributed by atoms with Gasteiger partial charge in [0.25, 0.3) is 5.56 Å². The van der Waals surface area contributed by atoms with E-state index in [1.807, 2.05) is 0 Å². The van der Waals surface area contributed by atoms with Crippen molar-refractivity contribution < 1.29 is 4.79 Å². The molecule has 24 heavy (non-hydrogen) atoms. The lowest BCUT2D eigenvalue weighted by Gasteiger charge is -2.24. The number of hydrogen-bond donors (Lipinski definition) is 1. The van der Waals surface area contributed by atoms with Crippen molar-refractivity contribution in [1.82, 2.24) is 24.8 Å². The maximum atomic E-state index is 12.1. The topological polar surface area (TPSA) is 93.0 Å². The molecule has 1 saturated heterocycles. The van der Waals surface area contributed by atoms with Crippen LogP contribution in [0.25, 0.3) is 0 Å². The Balaban J connectivity index is 1.57. The van der Waals surface area contributed by atoms with E-state index in [-0.39, 0.29) is 24.1 Å². The number of carbonyl (C=O) groups excluding carboxylic acids is 1. The van der Waals surface area contributed by atoms with Crippen LogP contribution in [0, 0.1) is 6.92 Å². The van der Waals surface area contributed by atoms with E-state index in [1.165, 1.54) is 17.0 Å². The number of hydrogen-bond acceptors (Lipinski definition) is 6. The number of amides is 1. The average molecular weight is 328 g/mol. The van der Waals surface area contributed by atoms with Crippen LogP contribution in [-0.4, -0.2) is 44.6 Å². The van der Waals surface area contributed by atoms with Crippen LogP contribution in [0.1, 0.15) is 18.5 Å². The lowest BCUT2D eigenvalue weighted by molar-refractivity contribution is -0.121. The van der Waals surface area contributed by atoms with E-state index in [0.717, 1.165) is 19.4 Å². The molecule has 126 valence electrons. The molecule has 0 aliphatic carbocycles. The molecule has 1 N–H and O–H groups in total. The molecule has 0 spiro atoms. The molecule has 3 heterocycles. The summed E-state index contributed by atoms with van der Waals surface area (Å²) in [5.74, 6) is 0.483. The highest BCUT2D eigenvalue weighted by atomic mass is 16.2. The Morgan fingerprint density at radius 1 is 1.33 bits per heavy atom. The smallest absolute Gasteiger partial charge is 0.253 e. The highest BCUT2D eigenvalue weighted by Crippen LogP contribution is 2.21. The molecule has 2 aromatic heterocycles. The van der Waals surface area contributed by atoms with Crippen molar-refractivity contribution in [3.8, 4) is 0 Å². The first-order valence-corrected chi connectivity index (χ1v) is 7.97. The molecule has 1 fully saturated rings. The number of anilines is 1. The Hall–Kier alpha value is -2.77. The zero-order valence-corrected chi connectivity index (χ0v) is 13.6. The van der Waals surface area contributed by atoms with Crippen LogP contribution in [0.15, 0.2) is 35.6 Å². The molecule has 1 aliphatic heterocycles. The SMILES string of the molecule is Cc1cc(=O)n(CC(=O)NCC2CCCN2c2ncccn2)cn1. The predicted molar refractivity (Wildman–Crippen MR) is 88.6 cm³/mol. The molecule has 0 bridgehead atoms. The third-order valence-corrected chi connectivity index (χ3v) is 4.05. The van der Waals surface area contributed by atoms with Gasteiger partial charge < -0.3 is 10.2 Å². The number of nitrogens with zero attached hydrogens (tertiary/aromatic N) is 5. The van der Waals surface area contributed by atoms with Gasteiger partial charge in [-0.15, -0.1) is 0 Å². The minimum atomic E-state index is -0.224. The van der Waals surface area contributed by atoms with Gasteiger partial charge in [-0.05, 0) is 25.8 Å². The van der Waals surface area contributed by atoms with Gasteiger partial charge in [-0.1, -0.05) is 0 Å². The number of rotatable bonds is 5. The molecule has 1 amide bonds. The second kappa shape index (κ2) is 7.20. The summed E-state index contributed by atoms with van der Waals surface area (Å²) in [5.41, 5.74) is 0.416. The Morgan fingerprint density at radius 3 is 2.88 bits per heavy atom. The maximum Gasteiger partial charge on any atom is 0.253 e. The molecule has 1 unspecified atom stereocenters. The Morgan fingerprint density at radius 2 is 2.12 bits per heavy atom. The third-order valence-electron chi connectivity index (χ3n) is 4.05. The van der Waals surface area contributed by atoms with Crippen LogP contribution in [0.5, 0.6) is 0 Å². The van der Waals surface area contributed by atoms with E-state index in [9.17, 15) is 9.59 Å². The fourth-order valence-corrected chi connectivity index (χ4v) is 2.83. The summed E-state index contributed by atoms with van der Waals surface area (Å²) in [4.78, 5) is 38.6. The van der Waals surface area contributed by atoms with Gasteiger partial charge in [-0.25, -0.2) is 15.0 Å². The van der Waals surface area contributed by atoms with Crippen LogP contribution < -0.4 is 15.8 Å². The molecule has 3 rings (SSSR count). The highest BCUT2D eigenvalue weighted by molar-refractivity contribution is 5.75. The largest absolute Gasteiger partial charge is 0.352 e. The number of aromatic nitrogens is 4. The molecule has 0 aromatic carbocycles. The zero-order chi connectivity index (χ0) is 16.9. The van der Waals surface area contributed by atoms with Gasteiger partial charge in [0.2, 0.25) is 11.9 Å². The van der Waals surface area contributed by atoms with Gasteiger partial charge in [-0.2, -0.15) is 0 Å². The number of nitrogens with one attached hydrogen (secondary N) is 1. The lowest BCUT2D eigenvalue weighted by atomic mass is 10.2. The van der Waals surface area contributed by atoms with Crippen LogP contribution in [0.2, 0.25) is 0 Å². The minimum absolute atomic E-state index is 0.0271. The standard InChI is InChI=1S/C16H20N6O2/c1-12-8-15(24)21(11-20-12)10-14(23)19-9-13-4-2-7-22(13)16-17-5-3-6-18-16/h3,5-6,8,11,13H,2,4,7,9-10H2,1H3,(H,19,23). The van der Waals surface area contributed by atoms with Gasteiger partial charge >= 0.3 is 0 Å². The van der Waals surface area contributed by atoms with Gasteiger partial charge in [0.05, 0.1) is 6.33 Å². The zero-order valence-electron chi connectivity index (χ0n) is 13.6.